The number of anilines is 1. The number of nitrogens with zero attached hydrogens (tertiary/aromatic N) is 2. The smallest absolute Gasteiger partial charge is 0.435 e. The molecule has 2 amide bonds. The summed E-state index contributed by atoms with van der Waals surface area (Å²) in [5.41, 5.74) is -1.68. The Morgan fingerprint density at radius 1 is 1.29 bits per heavy atom. The lowest BCUT2D eigenvalue weighted by molar-refractivity contribution is -0.140. The molecule has 0 unspecified atom stereocenters. The lowest BCUT2D eigenvalue weighted by Gasteiger charge is -2.16. The van der Waals surface area contributed by atoms with Crippen LogP contribution in [0.25, 0.3) is 0 Å². The van der Waals surface area contributed by atoms with Crippen molar-refractivity contribution in [2.45, 2.75) is 19.0 Å². The van der Waals surface area contributed by atoms with Gasteiger partial charge in [-0.15, -0.1) is 0 Å². The summed E-state index contributed by atoms with van der Waals surface area (Å²) < 4.78 is 48.1. The fraction of sp³-hybridized carbons (Fsp3) is 0.500. The third kappa shape index (κ3) is 5.60. The molecular weight excluding hydrogens is 331 g/mol. The van der Waals surface area contributed by atoms with Gasteiger partial charge in [0.1, 0.15) is 0 Å². The Morgan fingerprint density at radius 3 is 2.50 bits per heavy atom. The van der Waals surface area contributed by atoms with E-state index < -0.39 is 29.6 Å². The summed E-state index contributed by atoms with van der Waals surface area (Å²) in [4.78, 5) is 27.5. The molecule has 24 heavy (non-hydrogen) atoms. The van der Waals surface area contributed by atoms with Crippen LogP contribution in [0.1, 0.15) is 18.5 Å². The monoisotopic (exact) mass is 349 g/mol. The standard InChI is InChI=1S/C14H18F3N3O4/c1-20(13(22)24-3)8-4-5-10(21)18-9-6-7-11(23-2)19-12(9)14(15,16)17/h6-7H,4-5,8H2,1-3H3,(H,18,21). The highest BCUT2D eigenvalue weighted by Crippen LogP contribution is 2.34. The van der Waals surface area contributed by atoms with Gasteiger partial charge in [-0.2, -0.15) is 13.2 Å². The van der Waals surface area contributed by atoms with Gasteiger partial charge in [0.15, 0.2) is 5.69 Å². The number of amides is 2. The maximum absolute atomic E-state index is 13.0. The molecule has 0 saturated carbocycles. The van der Waals surface area contributed by atoms with Crippen molar-refractivity contribution in [3.05, 3.63) is 17.8 Å². The minimum absolute atomic E-state index is 0.0648. The third-order valence-corrected chi connectivity index (χ3v) is 3.01. The highest BCUT2D eigenvalue weighted by Gasteiger charge is 2.36. The zero-order valence-electron chi connectivity index (χ0n) is 13.4. The maximum atomic E-state index is 13.0. The van der Waals surface area contributed by atoms with Crippen molar-refractivity contribution in [1.82, 2.24) is 9.88 Å². The molecule has 0 saturated heterocycles. The second-order valence-corrected chi connectivity index (χ2v) is 4.79. The number of carbonyl (C=O) groups is 2. The molecule has 0 bridgehead atoms. The first-order valence-electron chi connectivity index (χ1n) is 6.90. The first-order chi connectivity index (χ1) is 11.2. The average molecular weight is 349 g/mol. The van der Waals surface area contributed by atoms with E-state index in [0.717, 1.165) is 6.07 Å². The molecule has 0 aliphatic heterocycles. The molecular formula is C14H18F3N3O4. The number of carbonyl (C=O) groups excluding carboxylic acids is 2. The van der Waals surface area contributed by atoms with Crippen LogP contribution in [0.3, 0.4) is 0 Å². The van der Waals surface area contributed by atoms with Crippen molar-refractivity contribution in [1.29, 1.82) is 0 Å². The summed E-state index contributed by atoms with van der Waals surface area (Å²) >= 11 is 0. The predicted octanol–water partition coefficient (Wildman–Crippen LogP) is 2.53. The van der Waals surface area contributed by atoms with E-state index in [1.54, 1.807) is 0 Å². The quantitative estimate of drug-likeness (QED) is 0.854. The highest BCUT2D eigenvalue weighted by molar-refractivity contribution is 5.91. The molecule has 1 aromatic heterocycles. The summed E-state index contributed by atoms with van der Waals surface area (Å²) in [5.74, 6) is -0.828. The number of methoxy groups -OCH3 is 2. The molecule has 1 heterocycles. The molecule has 0 radical (unpaired) electrons. The Morgan fingerprint density at radius 2 is 1.96 bits per heavy atom. The highest BCUT2D eigenvalue weighted by atomic mass is 19.4. The molecule has 0 aliphatic rings. The van der Waals surface area contributed by atoms with Gasteiger partial charge in [-0.25, -0.2) is 9.78 Å². The van der Waals surface area contributed by atoms with Crippen molar-refractivity contribution in [2.24, 2.45) is 0 Å². The van der Waals surface area contributed by atoms with E-state index in [2.05, 4.69) is 19.8 Å². The van der Waals surface area contributed by atoms with Gasteiger partial charge >= 0.3 is 12.3 Å². The lowest BCUT2D eigenvalue weighted by atomic mass is 10.2. The van der Waals surface area contributed by atoms with Crippen LogP contribution in [0.5, 0.6) is 5.88 Å². The van der Waals surface area contributed by atoms with E-state index in [0.29, 0.717) is 0 Å². The van der Waals surface area contributed by atoms with E-state index in [1.807, 2.05) is 0 Å². The van der Waals surface area contributed by atoms with Crippen LogP contribution in [-0.2, 0) is 15.7 Å². The third-order valence-electron chi connectivity index (χ3n) is 3.01. The molecule has 0 aliphatic carbocycles. The van der Waals surface area contributed by atoms with Crippen LogP contribution in [0.15, 0.2) is 12.1 Å². The molecule has 134 valence electrons. The molecule has 1 N–H and O–H groups in total. The van der Waals surface area contributed by atoms with Gasteiger partial charge in [-0.3, -0.25) is 4.79 Å². The van der Waals surface area contributed by atoms with Crippen LogP contribution in [0.4, 0.5) is 23.7 Å². The Balaban J connectivity index is 2.69. The molecule has 0 fully saturated rings. The van der Waals surface area contributed by atoms with Gasteiger partial charge < -0.3 is 19.7 Å². The average Bonchev–Trinajstić information content (AvgIpc) is 2.53. The number of nitrogens with one attached hydrogen (secondary N) is 1. The van der Waals surface area contributed by atoms with Crippen LogP contribution < -0.4 is 10.1 Å². The van der Waals surface area contributed by atoms with Crippen LogP contribution in [0, 0.1) is 0 Å². The van der Waals surface area contributed by atoms with Crippen LogP contribution in [-0.4, -0.2) is 49.7 Å². The SMILES string of the molecule is COC(=O)N(C)CCCC(=O)Nc1ccc(OC)nc1C(F)(F)F. The minimum atomic E-state index is -4.73. The van der Waals surface area contributed by atoms with Crippen molar-refractivity contribution in [3.8, 4) is 5.88 Å². The fourth-order valence-corrected chi connectivity index (χ4v) is 1.81. The second-order valence-electron chi connectivity index (χ2n) is 4.79. The van der Waals surface area contributed by atoms with Gasteiger partial charge in [0.05, 0.1) is 19.9 Å². The molecule has 1 rings (SSSR count). The van der Waals surface area contributed by atoms with Gasteiger partial charge in [0.2, 0.25) is 11.8 Å². The zero-order valence-corrected chi connectivity index (χ0v) is 13.4. The van der Waals surface area contributed by atoms with Crippen LogP contribution in [0.2, 0.25) is 0 Å². The summed E-state index contributed by atoms with van der Waals surface area (Å²) in [6, 6.07) is 2.29. The Kier molecular flexibility index (Phi) is 6.81. The molecule has 0 atom stereocenters. The predicted molar refractivity (Wildman–Crippen MR) is 78.7 cm³/mol. The largest absolute Gasteiger partial charge is 0.481 e. The Bertz CT molecular complexity index is 593. The van der Waals surface area contributed by atoms with Crippen molar-refractivity contribution < 1.29 is 32.2 Å². The summed E-state index contributed by atoms with van der Waals surface area (Å²) in [6.45, 7) is 0.229. The Hall–Kier alpha value is -2.52. The number of pyridine rings is 1. The van der Waals surface area contributed by atoms with E-state index in [9.17, 15) is 22.8 Å². The topological polar surface area (TPSA) is 80.8 Å². The van der Waals surface area contributed by atoms with Crippen molar-refractivity contribution >= 4 is 17.7 Å². The summed E-state index contributed by atoms with van der Waals surface area (Å²) in [5, 5.41) is 2.17. The number of hydrogen-bond donors (Lipinski definition) is 1. The Labute approximate surface area is 136 Å². The number of rotatable bonds is 6. The molecule has 1 aromatic rings. The van der Waals surface area contributed by atoms with E-state index >= 15 is 0 Å². The molecule has 0 spiro atoms. The number of hydrogen-bond acceptors (Lipinski definition) is 5. The number of halogens is 3. The molecule has 10 heteroatoms. The summed E-state index contributed by atoms with van der Waals surface area (Å²) in [7, 11) is 3.90. The number of ether oxygens (including phenoxy) is 2. The van der Waals surface area contributed by atoms with Gasteiger partial charge in [-0.1, -0.05) is 0 Å². The molecule has 7 nitrogen and oxygen atoms in total. The van der Waals surface area contributed by atoms with E-state index in [-0.39, 0.29) is 25.3 Å². The first-order valence-corrected chi connectivity index (χ1v) is 6.90. The van der Waals surface area contributed by atoms with Gasteiger partial charge in [0, 0.05) is 26.1 Å². The maximum Gasteiger partial charge on any atom is 0.435 e. The van der Waals surface area contributed by atoms with Gasteiger partial charge in [-0.05, 0) is 12.5 Å². The molecule has 0 aromatic carbocycles. The van der Waals surface area contributed by atoms with Crippen molar-refractivity contribution in [2.75, 3.05) is 33.1 Å². The lowest BCUT2D eigenvalue weighted by Crippen LogP contribution is -2.28. The van der Waals surface area contributed by atoms with E-state index in [4.69, 9.17) is 0 Å². The van der Waals surface area contributed by atoms with Gasteiger partial charge in [0.25, 0.3) is 0 Å². The summed E-state index contributed by atoms with van der Waals surface area (Å²) in [6.07, 6.45) is -5.09. The zero-order chi connectivity index (χ0) is 18.3. The van der Waals surface area contributed by atoms with E-state index in [1.165, 1.54) is 32.2 Å². The number of aromatic nitrogens is 1. The fourth-order valence-electron chi connectivity index (χ4n) is 1.81. The second kappa shape index (κ2) is 8.37. The minimum Gasteiger partial charge on any atom is -0.481 e. The number of alkyl halides is 3. The normalized spacial score (nSPS) is 10.9. The van der Waals surface area contributed by atoms with Crippen LogP contribution >= 0.6 is 0 Å². The van der Waals surface area contributed by atoms with Crippen molar-refractivity contribution in [3.63, 3.8) is 0 Å². The first kappa shape index (κ1) is 19.5.